The van der Waals surface area contributed by atoms with Crippen molar-refractivity contribution in [3.8, 4) is 11.1 Å². The third-order valence-electron chi connectivity index (χ3n) is 7.63. The summed E-state index contributed by atoms with van der Waals surface area (Å²) in [7, 11) is 0. The molecule has 220 valence electrons. The van der Waals surface area contributed by atoms with Crippen molar-refractivity contribution < 1.29 is 22.0 Å². The number of aromatic nitrogens is 3. The van der Waals surface area contributed by atoms with Gasteiger partial charge in [-0.15, -0.1) is 11.8 Å². The van der Waals surface area contributed by atoms with Gasteiger partial charge < -0.3 is 10.2 Å². The van der Waals surface area contributed by atoms with Crippen LogP contribution in [-0.2, 0) is 12.7 Å². The van der Waals surface area contributed by atoms with Gasteiger partial charge in [-0.25, -0.2) is 13.6 Å². The lowest BCUT2D eigenvalue weighted by atomic mass is 9.95. The molecule has 4 heterocycles. The van der Waals surface area contributed by atoms with Gasteiger partial charge in [-0.2, -0.15) is 18.2 Å². The lowest BCUT2D eigenvalue weighted by Crippen LogP contribution is -2.55. The second kappa shape index (κ2) is 10.8. The van der Waals surface area contributed by atoms with Crippen molar-refractivity contribution >= 4 is 40.1 Å². The molecule has 13 heteroatoms. The molecule has 6 nitrogen and oxygen atoms in total. The molecule has 2 aromatic heterocycles. The number of pyridine rings is 1. The van der Waals surface area contributed by atoms with Gasteiger partial charge in [-0.05, 0) is 37.6 Å². The van der Waals surface area contributed by atoms with Crippen LogP contribution in [0.15, 0.2) is 52.4 Å². The van der Waals surface area contributed by atoms with E-state index < -0.39 is 45.2 Å². The summed E-state index contributed by atoms with van der Waals surface area (Å²) in [4.78, 5) is 24.1. The van der Waals surface area contributed by atoms with Crippen LogP contribution in [0.5, 0.6) is 0 Å². The Morgan fingerprint density at radius 1 is 1.07 bits per heavy atom. The number of benzene rings is 2. The Bertz CT molecular complexity index is 1740. The van der Waals surface area contributed by atoms with Gasteiger partial charge in [0.25, 0.3) is 0 Å². The summed E-state index contributed by atoms with van der Waals surface area (Å²) in [6.07, 6.45) is -1.67. The van der Waals surface area contributed by atoms with Gasteiger partial charge in [0.15, 0.2) is 0 Å². The molecule has 1 fully saturated rings. The Morgan fingerprint density at radius 3 is 2.48 bits per heavy atom. The molecule has 2 aromatic carbocycles. The number of hydrogen-bond donors (Lipinski definition) is 1. The van der Waals surface area contributed by atoms with Gasteiger partial charge in [0.1, 0.15) is 17.5 Å². The number of piperazine rings is 1. The minimum Gasteiger partial charge on any atom is -0.353 e. The number of nitrogens with one attached hydrogen (secondary N) is 1. The minimum absolute atomic E-state index is 0.00988. The van der Waals surface area contributed by atoms with Crippen LogP contribution in [0.1, 0.15) is 30.9 Å². The highest BCUT2D eigenvalue weighted by Gasteiger charge is 2.39. The summed E-state index contributed by atoms with van der Waals surface area (Å²) in [6.45, 7) is 4.85. The Morgan fingerprint density at radius 2 is 1.81 bits per heavy atom. The smallest absolute Gasteiger partial charge is 0.353 e. The highest BCUT2D eigenvalue weighted by atomic mass is 35.5. The number of nitrogens with zero attached hydrogens (tertiary/aromatic N) is 4. The standard InChI is InChI=1S/C29H25ClF5N5OS/c1-14-10-39(11-15(2)37-14)27-19-6-20(29(33,34)35)24(18-7-21(30)23(32)8-22(18)31)26-25(19)40(28(41)38-27)12-17(13-42-26)16-4-3-5-36-9-16/h3-9,14-15,17,37H,10-13H2,1-2H3/t14-,15+,17-/m0/s1. The Kier molecular flexibility index (Phi) is 7.43. The average molecular weight is 622 g/mol. The molecule has 1 N–H and O–H groups in total. The van der Waals surface area contributed by atoms with Crippen LogP contribution in [0.4, 0.5) is 27.8 Å². The lowest BCUT2D eigenvalue weighted by molar-refractivity contribution is -0.137. The van der Waals surface area contributed by atoms with E-state index in [4.69, 9.17) is 11.6 Å². The predicted octanol–water partition coefficient (Wildman–Crippen LogP) is 6.49. The van der Waals surface area contributed by atoms with Crippen molar-refractivity contribution in [2.45, 2.75) is 49.5 Å². The van der Waals surface area contributed by atoms with Crippen LogP contribution >= 0.6 is 23.4 Å². The second-order valence-electron chi connectivity index (χ2n) is 10.8. The molecule has 42 heavy (non-hydrogen) atoms. The van der Waals surface area contributed by atoms with Crippen LogP contribution in [0, 0.1) is 11.6 Å². The van der Waals surface area contributed by atoms with Gasteiger partial charge in [0.05, 0.1) is 16.1 Å². The fourth-order valence-electron chi connectivity index (χ4n) is 5.93. The summed E-state index contributed by atoms with van der Waals surface area (Å²) in [5, 5.41) is 2.99. The van der Waals surface area contributed by atoms with E-state index in [9.17, 15) is 22.4 Å². The van der Waals surface area contributed by atoms with Crippen LogP contribution in [-0.4, -0.2) is 45.5 Å². The normalized spacial score (nSPS) is 21.0. The maximum absolute atomic E-state index is 15.3. The van der Waals surface area contributed by atoms with E-state index in [0.717, 1.165) is 29.5 Å². The zero-order valence-electron chi connectivity index (χ0n) is 22.5. The number of thioether (sulfide) groups is 1. The molecule has 4 aromatic rings. The first-order chi connectivity index (χ1) is 19.9. The third kappa shape index (κ3) is 5.13. The molecule has 0 amide bonds. The van der Waals surface area contributed by atoms with Crippen molar-refractivity contribution in [1.82, 2.24) is 19.9 Å². The molecule has 2 aliphatic heterocycles. The molecule has 0 saturated carbocycles. The predicted molar refractivity (Wildman–Crippen MR) is 153 cm³/mol. The summed E-state index contributed by atoms with van der Waals surface area (Å²) in [5.74, 6) is -2.19. The summed E-state index contributed by atoms with van der Waals surface area (Å²) in [6, 6.07) is 5.84. The molecular weight excluding hydrogens is 597 g/mol. The highest BCUT2D eigenvalue weighted by Crippen LogP contribution is 2.50. The van der Waals surface area contributed by atoms with Gasteiger partial charge in [0.2, 0.25) is 0 Å². The maximum Gasteiger partial charge on any atom is 0.417 e. The SMILES string of the molecule is C[C@@H]1CN(c2nc(=O)n3c4c(c(-c5cc(Cl)c(F)cc5F)c(C(F)(F)F)cc24)SC[C@@H](c2cccnc2)C3)C[C@H](C)N1. The van der Waals surface area contributed by atoms with Crippen molar-refractivity contribution in [2.75, 3.05) is 23.7 Å². The molecule has 0 radical (unpaired) electrons. The second-order valence-corrected chi connectivity index (χ2v) is 12.2. The van der Waals surface area contributed by atoms with Gasteiger partial charge in [-0.3, -0.25) is 9.55 Å². The monoisotopic (exact) mass is 621 g/mol. The molecule has 0 unspecified atom stereocenters. The molecular formula is C29H25ClF5N5OS. The van der Waals surface area contributed by atoms with E-state index in [1.54, 1.807) is 18.5 Å². The quantitative estimate of drug-likeness (QED) is 0.209. The van der Waals surface area contributed by atoms with E-state index in [-0.39, 0.29) is 51.9 Å². The molecule has 1 saturated heterocycles. The van der Waals surface area contributed by atoms with E-state index in [0.29, 0.717) is 19.2 Å². The first-order valence-corrected chi connectivity index (χ1v) is 14.7. The molecule has 6 rings (SSSR count). The molecule has 0 spiro atoms. The van der Waals surface area contributed by atoms with Crippen molar-refractivity contribution in [3.63, 3.8) is 0 Å². The van der Waals surface area contributed by atoms with Crippen LogP contribution in [0.3, 0.4) is 0 Å². The zero-order chi connectivity index (χ0) is 29.9. The van der Waals surface area contributed by atoms with Gasteiger partial charge in [-0.1, -0.05) is 17.7 Å². The largest absolute Gasteiger partial charge is 0.417 e. The Hall–Kier alpha value is -3.22. The summed E-state index contributed by atoms with van der Waals surface area (Å²) >= 11 is 7.05. The minimum atomic E-state index is -4.93. The zero-order valence-corrected chi connectivity index (χ0v) is 24.0. The van der Waals surface area contributed by atoms with Gasteiger partial charge in [0, 0.05) is 83.3 Å². The van der Waals surface area contributed by atoms with E-state index in [2.05, 4.69) is 15.3 Å². The first kappa shape index (κ1) is 28.9. The number of anilines is 1. The number of alkyl halides is 3. The maximum atomic E-state index is 15.3. The fraction of sp³-hybridized carbons (Fsp3) is 0.345. The Labute approximate surface area is 246 Å². The number of hydrogen-bond acceptors (Lipinski definition) is 6. The fourth-order valence-corrected chi connectivity index (χ4v) is 7.48. The van der Waals surface area contributed by atoms with Crippen LogP contribution < -0.4 is 15.9 Å². The van der Waals surface area contributed by atoms with Crippen molar-refractivity contribution in [1.29, 1.82) is 0 Å². The number of halogens is 6. The van der Waals surface area contributed by atoms with E-state index >= 15 is 4.39 Å². The molecule has 2 aliphatic rings. The topological polar surface area (TPSA) is 63.1 Å². The first-order valence-electron chi connectivity index (χ1n) is 13.3. The molecule has 0 aliphatic carbocycles. The Balaban J connectivity index is 1.71. The summed E-state index contributed by atoms with van der Waals surface area (Å²) < 4.78 is 75.4. The third-order valence-corrected chi connectivity index (χ3v) is 9.17. The van der Waals surface area contributed by atoms with Crippen molar-refractivity contribution in [2.24, 2.45) is 0 Å². The molecule has 3 atom stereocenters. The lowest BCUT2D eigenvalue weighted by Gasteiger charge is -2.37. The average Bonchev–Trinajstić information content (AvgIpc) is 3.13. The summed E-state index contributed by atoms with van der Waals surface area (Å²) in [5.41, 5.74) is -1.72. The number of rotatable bonds is 3. The molecule has 0 bridgehead atoms. The van der Waals surface area contributed by atoms with Crippen LogP contribution in [0.2, 0.25) is 5.02 Å². The highest BCUT2D eigenvalue weighted by molar-refractivity contribution is 7.99. The van der Waals surface area contributed by atoms with Crippen LogP contribution in [0.25, 0.3) is 22.0 Å². The van der Waals surface area contributed by atoms with E-state index in [1.807, 2.05) is 24.8 Å². The van der Waals surface area contributed by atoms with Gasteiger partial charge >= 0.3 is 11.9 Å². The van der Waals surface area contributed by atoms with Crippen molar-refractivity contribution in [3.05, 3.63) is 81.0 Å². The van der Waals surface area contributed by atoms with E-state index in [1.165, 1.54) is 4.57 Å².